The Morgan fingerprint density at radius 1 is 1.13 bits per heavy atom. The van der Waals surface area contributed by atoms with Crippen LogP contribution in [0, 0.1) is 23.7 Å². The molecule has 0 spiro atoms. The Bertz CT molecular complexity index is 342. The molecule has 2 saturated carbocycles. The summed E-state index contributed by atoms with van der Waals surface area (Å²) in [5.41, 5.74) is 0. The lowest BCUT2D eigenvalue weighted by Crippen LogP contribution is -2.39. The van der Waals surface area contributed by atoms with Crippen LogP contribution >= 0.6 is 0 Å². The molecule has 23 heavy (non-hydrogen) atoms. The second-order valence-corrected chi connectivity index (χ2v) is 8.17. The van der Waals surface area contributed by atoms with Crippen molar-refractivity contribution in [3.8, 4) is 0 Å². The SMILES string of the molecule is CC=CCC(CCC)C(C)C(O)C1CCC(NCC2CC2)CC1. The van der Waals surface area contributed by atoms with E-state index in [1.807, 2.05) is 0 Å². The summed E-state index contributed by atoms with van der Waals surface area (Å²) in [5, 5.41) is 14.7. The molecule has 0 radical (unpaired) electrons. The Morgan fingerprint density at radius 2 is 1.83 bits per heavy atom. The molecule has 134 valence electrons. The van der Waals surface area contributed by atoms with E-state index in [-0.39, 0.29) is 6.10 Å². The summed E-state index contributed by atoms with van der Waals surface area (Å²) in [6.07, 6.45) is 15.7. The third kappa shape index (κ3) is 6.23. The molecule has 2 aliphatic rings. The first-order valence-electron chi connectivity index (χ1n) is 10.2. The first-order valence-corrected chi connectivity index (χ1v) is 10.2. The van der Waals surface area contributed by atoms with Gasteiger partial charge >= 0.3 is 0 Å². The van der Waals surface area contributed by atoms with Crippen molar-refractivity contribution >= 4 is 0 Å². The molecule has 0 aromatic carbocycles. The summed E-state index contributed by atoms with van der Waals surface area (Å²) >= 11 is 0. The number of rotatable bonds is 10. The largest absolute Gasteiger partial charge is 0.393 e. The Labute approximate surface area is 144 Å². The van der Waals surface area contributed by atoms with Crippen LogP contribution in [0.25, 0.3) is 0 Å². The van der Waals surface area contributed by atoms with Crippen LogP contribution in [-0.4, -0.2) is 23.8 Å². The molecule has 0 amide bonds. The average Bonchev–Trinajstić information content (AvgIpc) is 3.40. The number of allylic oxidation sites excluding steroid dienone is 2. The maximum absolute atomic E-state index is 10.9. The quantitative estimate of drug-likeness (QED) is 0.559. The molecule has 3 unspecified atom stereocenters. The molecule has 2 aliphatic carbocycles. The van der Waals surface area contributed by atoms with Crippen LogP contribution in [0.2, 0.25) is 0 Å². The summed E-state index contributed by atoms with van der Waals surface area (Å²) in [4.78, 5) is 0. The zero-order valence-corrected chi connectivity index (χ0v) is 15.6. The third-order valence-electron chi connectivity index (χ3n) is 6.26. The fourth-order valence-electron chi connectivity index (χ4n) is 4.31. The Balaban J connectivity index is 1.75. The molecular weight excluding hydrogens is 282 g/mol. The molecule has 2 fully saturated rings. The molecule has 0 heterocycles. The number of aliphatic hydroxyl groups is 1. The van der Waals surface area contributed by atoms with Gasteiger partial charge in [0.15, 0.2) is 0 Å². The molecule has 0 aliphatic heterocycles. The van der Waals surface area contributed by atoms with Crippen molar-refractivity contribution in [2.24, 2.45) is 23.7 Å². The molecule has 3 atom stereocenters. The number of aliphatic hydroxyl groups excluding tert-OH is 1. The van der Waals surface area contributed by atoms with Gasteiger partial charge < -0.3 is 10.4 Å². The highest BCUT2D eigenvalue weighted by atomic mass is 16.3. The Hall–Kier alpha value is -0.340. The molecular formula is C21H39NO. The van der Waals surface area contributed by atoms with Gasteiger partial charge in [0.2, 0.25) is 0 Å². The first-order chi connectivity index (χ1) is 11.2. The van der Waals surface area contributed by atoms with E-state index in [1.54, 1.807) is 0 Å². The van der Waals surface area contributed by atoms with Gasteiger partial charge in [-0.25, -0.2) is 0 Å². The maximum Gasteiger partial charge on any atom is 0.0596 e. The Morgan fingerprint density at radius 3 is 2.39 bits per heavy atom. The second kappa shape index (κ2) is 9.84. The molecule has 0 aromatic rings. The van der Waals surface area contributed by atoms with Crippen molar-refractivity contribution in [2.45, 2.75) is 90.7 Å². The summed E-state index contributed by atoms with van der Waals surface area (Å²) < 4.78 is 0. The van der Waals surface area contributed by atoms with E-state index in [0.29, 0.717) is 23.8 Å². The van der Waals surface area contributed by atoms with Crippen molar-refractivity contribution in [1.82, 2.24) is 5.32 Å². The summed E-state index contributed by atoms with van der Waals surface area (Å²) in [5.74, 6) is 2.55. The Kier molecular flexibility index (Phi) is 8.12. The van der Waals surface area contributed by atoms with E-state index >= 15 is 0 Å². The van der Waals surface area contributed by atoms with Gasteiger partial charge in [-0.2, -0.15) is 0 Å². The predicted octanol–water partition coefficient (Wildman–Crippen LogP) is 4.92. The van der Waals surface area contributed by atoms with Crippen molar-refractivity contribution in [3.05, 3.63) is 12.2 Å². The van der Waals surface area contributed by atoms with Gasteiger partial charge in [-0.05, 0) is 82.1 Å². The maximum atomic E-state index is 10.9. The molecule has 2 N–H and O–H groups in total. The number of hydrogen-bond acceptors (Lipinski definition) is 2. The fourth-order valence-corrected chi connectivity index (χ4v) is 4.31. The predicted molar refractivity (Wildman–Crippen MR) is 99.5 cm³/mol. The van der Waals surface area contributed by atoms with E-state index < -0.39 is 0 Å². The average molecular weight is 322 g/mol. The molecule has 2 rings (SSSR count). The van der Waals surface area contributed by atoms with Crippen molar-refractivity contribution < 1.29 is 5.11 Å². The number of nitrogens with one attached hydrogen (secondary N) is 1. The molecule has 2 heteroatoms. The zero-order valence-electron chi connectivity index (χ0n) is 15.6. The topological polar surface area (TPSA) is 32.3 Å². The van der Waals surface area contributed by atoms with Gasteiger partial charge in [0.25, 0.3) is 0 Å². The highest BCUT2D eigenvalue weighted by Crippen LogP contribution is 2.35. The zero-order chi connectivity index (χ0) is 16.7. The summed E-state index contributed by atoms with van der Waals surface area (Å²) in [6.45, 7) is 7.88. The van der Waals surface area contributed by atoms with E-state index in [2.05, 4.69) is 38.2 Å². The van der Waals surface area contributed by atoms with Crippen LogP contribution in [0.4, 0.5) is 0 Å². The summed E-state index contributed by atoms with van der Waals surface area (Å²) in [7, 11) is 0. The van der Waals surface area contributed by atoms with Crippen LogP contribution in [0.3, 0.4) is 0 Å². The van der Waals surface area contributed by atoms with Crippen LogP contribution in [0.5, 0.6) is 0 Å². The summed E-state index contributed by atoms with van der Waals surface area (Å²) in [6, 6.07) is 0.712. The molecule has 0 aromatic heterocycles. The van der Waals surface area contributed by atoms with Crippen LogP contribution in [0.15, 0.2) is 12.2 Å². The minimum atomic E-state index is -0.110. The first kappa shape index (κ1) is 19.0. The molecule has 2 nitrogen and oxygen atoms in total. The number of hydrogen-bond donors (Lipinski definition) is 2. The van der Waals surface area contributed by atoms with Crippen LogP contribution in [0.1, 0.15) is 78.6 Å². The van der Waals surface area contributed by atoms with Gasteiger partial charge in [-0.15, -0.1) is 0 Å². The van der Waals surface area contributed by atoms with Gasteiger partial charge in [0, 0.05) is 6.04 Å². The standard InChI is InChI=1S/C21H39NO/c1-4-6-8-18(7-5-2)16(3)21(23)19-11-13-20(14-12-19)22-15-17-9-10-17/h4,6,16-23H,5,7-15H2,1-3H3. The lowest BCUT2D eigenvalue weighted by Gasteiger charge is -2.37. The van der Waals surface area contributed by atoms with Gasteiger partial charge in [-0.3, -0.25) is 0 Å². The van der Waals surface area contributed by atoms with E-state index in [1.165, 1.54) is 57.9 Å². The van der Waals surface area contributed by atoms with E-state index in [0.717, 1.165) is 12.3 Å². The fraction of sp³-hybridized carbons (Fsp3) is 0.905. The van der Waals surface area contributed by atoms with Crippen molar-refractivity contribution in [1.29, 1.82) is 0 Å². The second-order valence-electron chi connectivity index (χ2n) is 8.17. The molecule has 0 bridgehead atoms. The van der Waals surface area contributed by atoms with Crippen molar-refractivity contribution in [2.75, 3.05) is 6.54 Å². The smallest absolute Gasteiger partial charge is 0.0596 e. The monoisotopic (exact) mass is 321 g/mol. The van der Waals surface area contributed by atoms with E-state index in [9.17, 15) is 5.11 Å². The lowest BCUT2D eigenvalue weighted by molar-refractivity contribution is 0.0116. The lowest BCUT2D eigenvalue weighted by atomic mass is 9.74. The highest BCUT2D eigenvalue weighted by molar-refractivity contribution is 4.89. The normalized spacial score (nSPS) is 29.6. The van der Waals surface area contributed by atoms with Gasteiger partial charge in [-0.1, -0.05) is 38.8 Å². The third-order valence-corrected chi connectivity index (χ3v) is 6.26. The van der Waals surface area contributed by atoms with Gasteiger partial charge in [0.1, 0.15) is 0 Å². The van der Waals surface area contributed by atoms with Gasteiger partial charge in [0.05, 0.1) is 6.10 Å². The minimum absolute atomic E-state index is 0.110. The van der Waals surface area contributed by atoms with E-state index in [4.69, 9.17) is 0 Å². The highest BCUT2D eigenvalue weighted by Gasteiger charge is 2.32. The van der Waals surface area contributed by atoms with Crippen molar-refractivity contribution in [3.63, 3.8) is 0 Å². The van der Waals surface area contributed by atoms with Crippen LogP contribution < -0.4 is 5.32 Å². The molecule has 0 saturated heterocycles. The minimum Gasteiger partial charge on any atom is -0.393 e. The van der Waals surface area contributed by atoms with Crippen LogP contribution in [-0.2, 0) is 0 Å².